The summed E-state index contributed by atoms with van der Waals surface area (Å²) in [6.07, 6.45) is 3.94. The first-order valence-electron chi connectivity index (χ1n) is 12.4. The molecular formula is C30H27N3O4. The van der Waals surface area contributed by atoms with Crippen molar-refractivity contribution in [3.63, 3.8) is 0 Å². The van der Waals surface area contributed by atoms with Gasteiger partial charge in [0.05, 0.1) is 16.8 Å². The normalized spacial score (nSPS) is 13.3. The molecule has 2 N–H and O–H groups in total. The lowest BCUT2D eigenvalue weighted by molar-refractivity contribution is -0.123. The average molecular weight is 494 g/mol. The number of rotatable bonds is 6. The van der Waals surface area contributed by atoms with Gasteiger partial charge in [0.1, 0.15) is 0 Å². The van der Waals surface area contributed by atoms with E-state index in [0.29, 0.717) is 22.2 Å². The van der Waals surface area contributed by atoms with Crippen LogP contribution in [0.3, 0.4) is 0 Å². The molecule has 0 atom stereocenters. The second-order valence-electron chi connectivity index (χ2n) is 9.09. The summed E-state index contributed by atoms with van der Waals surface area (Å²) in [4.78, 5) is 42.0. The molecule has 0 unspecified atom stereocenters. The predicted octanol–water partition coefficient (Wildman–Crippen LogP) is 5.49. The highest BCUT2D eigenvalue weighted by atomic mass is 16.5. The molecule has 0 aliphatic heterocycles. The Kier molecular flexibility index (Phi) is 7.21. The SMILES string of the molecule is O=C(COC(=O)c1cc(-c2ccc(-c3ccccc3)cc2)nc2ccccc12)NC(=O)NC1CCCC1. The third kappa shape index (κ3) is 5.83. The molecule has 4 aromatic rings. The molecule has 0 radical (unpaired) electrons. The summed E-state index contributed by atoms with van der Waals surface area (Å²) >= 11 is 0. The van der Waals surface area contributed by atoms with Crippen LogP contribution in [-0.2, 0) is 9.53 Å². The highest BCUT2D eigenvalue weighted by molar-refractivity contribution is 6.05. The Morgan fingerprint density at radius 1 is 0.811 bits per heavy atom. The van der Waals surface area contributed by atoms with Crippen molar-refractivity contribution in [3.05, 3.63) is 90.5 Å². The Morgan fingerprint density at radius 2 is 1.46 bits per heavy atom. The van der Waals surface area contributed by atoms with Crippen molar-refractivity contribution in [2.75, 3.05) is 6.61 Å². The van der Waals surface area contributed by atoms with E-state index < -0.39 is 24.5 Å². The van der Waals surface area contributed by atoms with Gasteiger partial charge in [-0.2, -0.15) is 0 Å². The number of pyridine rings is 1. The Balaban J connectivity index is 1.31. The maximum absolute atomic E-state index is 13.0. The fourth-order valence-electron chi connectivity index (χ4n) is 4.62. The molecule has 7 nitrogen and oxygen atoms in total. The highest BCUT2D eigenvalue weighted by Gasteiger charge is 2.20. The Hall–Kier alpha value is -4.52. The third-order valence-corrected chi connectivity index (χ3v) is 6.50. The smallest absolute Gasteiger partial charge is 0.339 e. The van der Waals surface area contributed by atoms with E-state index in [4.69, 9.17) is 9.72 Å². The molecule has 3 amide bonds. The number of amides is 3. The molecule has 1 aliphatic rings. The second kappa shape index (κ2) is 11.0. The van der Waals surface area contributed by atoms with Gasteiger partial charge in [0, 0.05) is 17.0 Å². The maximum Gasteiger partial charge on any atom is 0.339 e. The number of urea groups is 1. The van der Waals surface area contributed by atoms with E-state index in [1.807, 2.05) is 72.8 Å². The summed E-state index contributed by atoms with van der Waals surface area (Å²) in [5, 5.41) is 5.62. The predicted molar refractivity (Wildman–Crippen MR) is 142 cm³/mol. The monoisotopic (exact) mass is 493 g/mol. The molecule has 1 saturated carbocycles. The molecule has 5 rings (SSSR count). The van der Waals surface area contributed by atoms with Crippen LogP contribution in [0.1, 0.15) is 36.0 Å². The zero-order valence-electron chi connectivity index (χ0n) is 20.3. The van der Waals surface area contributed by atoms with Gasteiger partial charge in [-0.15, -0.1) is 0 Å². The Labute approximate surface area is 214 Å². The molecule has 1 heterocycles. The molecule has 0 saturated heterocycles. The number of nitrogens with zero attached hydrogens (tertiary/aromatic N) is 1. The van der Waals surface area contributed by atoms with E-state index in [0.717, 1.165) is 42.4 Å². The lowest BCUT2D eigenvalue weighted by atomic mass is 10.0. The summed E-state index contributed by atoms with van der Waals surface area (Å²) in [5.74, 6) is -1.34. The van der Waals surface area contributed by atoms with Crippen molar-refractivity contribution in [1.29, 1.82) is 0 Å². The van der Waals surface area contributed by atoms with Gasteiger partial charge in [0.15, 0.2) is 6.61 Å². The minimum Gasteiger partial charge on any atom is -0.452 e. The largest absolute Gasteiger partial charge is 0.452 e. The van der Waals surface area contributed by atoms with Gasteiger partial charge in [-0.25, -0.2) is 14.6 Å². The summed E-state index contributed by atoms with van der Waals surface area (Å²) in [6.45, 7) is -0.561. The van der Waals surface area contributed by atoms with Crippen molar-refractivity contribution in [2.24, 2.45) is 0 Å². The number of nitrogens with one attached hydrogen (secondary N) is 2. The van der Waals surface area contributed by atoms with Crippen molar-refractivity contribution >= 4 is 28.8 Å². The van der Waals surface area contributed by atoms with Crippen molar-refractivity contribution < 1.29 is 19.1 Å². The summed E-state index contributed by atoms with van der Waals surface area (Å²) < 4.78 is 5.28. The number of carbonyl (C=O) groups is 3. The highest BCUT2D eigenvalue weighted by Crippen LogP contribution is 2.28. The molecular weight excluding hydrogens is 466 g/mol. The van der Waals surface area contributed by atoms with Crippen LogP contribution in [0.15, 0.2) is 84.9 Å². The standard InChI is InChI=1S/C30H27N3O4/c34-28(33-30(36)31-23-10-4-5-11-23)19-37-29(35)25-18-27(32-26-13-7-6-12-24(25)26)22-16-14-21(15-17-22)20-8-2-1-3-9-20/h1-3,6-9,12-18,23H,4-5,10-11,19H2,(H2,31,33,34,36). The molecule has 1 fully saturated rings. The molecule has 3 aromatic carbocycles. The molecule has 1 aromatic heterocycles. The number of aromatic nitrogens is 1. The first-order chi connectivity index (χ1) is 18.1. The van der Waals surface area contributed by atoms with Crippen LogP contribution in [0.2, 0.25) is 0 Å². The van der Waals surface area contributed by atoms with Gasteiger partial charge in [0.25, 0.3) is 5.91 Å². The van der Waals surface area contributed by atoms with Crippen molar-refractivity contribution in [2.45, 2.75) is 31.7 Å². The average Bonchev–Trinajstić information content (AvgIpc) is 3.44. The minimum absolute atomic E-state index is 0.0821. The van der Waals surface area contributed by atoms with Crippen LogP contribution in [0, 0.1) is 0 Å². The molecule has 0 spiro atoms. The van der Waals surface area contributed by atoms with E-state index in [9.17, 15) is 14.4 Å². The van der Waals surface area contributed by atoms with E-state index >= 15 is 0 Å². The summed E-state index contributed by atoms with van der Waals surface area (Å²) in [6, 6.07) is 26.5. The number of hydrogen-bond donors (Lipinski definition) is 2. The first-order valence-corrected chi connectivity index (χ1v) is 12.4. The topological polar surface area (TPSA) is 97.4 Å². The van der Waals surface area contributed by atoms with Crippen LogP contribution >= 0.6 is 0 Å². The quantitative estimate of drug-likeness (QED) is 0.346. The maximum atomic E-state index is 13.0. The number of esters is 1. The molecule has 1 aliphatic carbocycles. The van der Waals surface area contributed by atoms with Crippen LogP contribution in [-0.4, -0.2) is 35.5 Å². The number of carbonyl (C=O) groups excluding carboxylic acids is 3. The molecule has 37 heavy (non-hydrogen) atoms. The van der Waals surface area contributed by atoms with Crippen molar-refractivity contribution in [3.8, 4) is 22.4 Å². The summed E-state index contributed by atoms with van der Waals surface area (Å²) in [5.41, 5.74) is 4.59. The lowest BCUT2D eigenvalue weighted by Gasteiger charge is -2.13. The van der Waals surface area contributed by atoms with Gasteiger partial charge < -0.3 is 10.1 Å². The molecule has 7 heteroatoms. The zero-order chi connectivity index (χ0) is 25.6. The molecule has 0 bridgehead atoms. The first kappa shape index (κ1) is 24.2. The van der Waals surface area contributed by atoms with Crippen molar-refractivity contribution in [1.82, 2.24) is 15.6 Å². The van der Waals surface area contributed by atoms with Gasteiger partial charge in [-0.1, -0.05) is 85.6 Å². The van der Waals surface area contributed by atoms with E-state index in [1.165, 1.54) is 0 Å². The number of hydrogen-bond acceptors (Lipinski definition) is 5. The lowest BCUT2D eigenvalue weighted by Crippen LogP contribution is -2.45. The minimum atomic E-state index is -0.682. The van der Waals surface area contributed by atoms with E-state index in [-0.39, 0.29) is 6.04 Å². The molecule has 186 valence electrons. The van der Waals surface area contributed by atoms with Crippen LogP contribution in [0.5, 0.6) is 0 Å². The Morgan fingerprint density at radius 3 is 2.22 bits per heavy atom. The zero-order valence-corrected chi connectivity index (χ0v) is 20.3. The fraction of sp³-hybridized carbons (Fsp3) is 0.200. The Bertz CT molecular complexity index is 1430. The van der Waals surface area contributed by atoms with Crippen LogP contribution in [0.25, 0.3) is 33.3 Å². The third-order valence-electron chi connectivity index (χ3n) is 6.50. The number of para-hydroxylation sites is 1. The number of imide groups is 1. The number of benzene rings is 3. The summed E-state index contributed by atoms with van der Waals surface area (Å²) in [7, 11) is 0. The number of ether oxygens (including phenoxy) is 1. The number of fused-ring (bicyclic) bond motifs is 1. The van der Waals surface area contributed by atoms with Gasteiger partial charge >= 0.3 is 12.0 Å². The second-order valence-corrected chi connectivity index (χ2v) is 9.09. The van der Waals surface area contributed by atoms with Crippen LogP contribution in [0.4, 0.5) is 4.79 Å². The van der Waals surface area contributed by atoms with E-state index in [1.54, 1.807) is 12.1 Å². The van der Waals surface area contributed by atoms with E-state index in [2.05, 4.69) is 10.6 Å². The fourth-order valence-corrected chi connectivity index (χ4v) is 4.62. The van der Waals surface area contributed by atoms with Crippen LogP contribution < -0.4 is 10.6 Å². The van der Waals surface area contributed by atoms with Gasteiger partial charge in [-0.05, 0) is 36.1 Å². The van der Waals surface area contributed by atoms with Gasteiger partial charge in [-0.3, -0.25) is 10.1 Å². The van der Waals surface area contributed by atoms with Gasteiger partial charge in [0.2, 0.25) is 0 Å².